The van der Waals surface area contributed by atoms with Crippen molar-refractivity contribution < 1.29 is 22.7 Å². The van der Waals surface area contributed by atoms with Crippen molar-refractivity contribution in [2.24, 2.45) is 5.73 Å². The molecule has 0 aromatic heterocycles. The molecule has 0 saturated heterocycles. The number of rotatable bonds is 2. The van der Waals surface area contributed by atoms with E-state index in [0.29, 0.717) is 0 Å². The fourth-order valence-corrected chi connectivity index (χ4v) is 1.49. The molecule has 0 saturated carbocycles. The molecule has 0 unspecified atom stereocenters. The van der Waals surface area contributed by atoms with E-state index in [4.69, 9.17) is 5.73 Å². The quantitative estimate of drug-likeness (QED) is 0.500. The molecule has 0 aliphatic rings. The van der Waals surface area contributed by atoms with Crippen molar-refractivity contribution in [2.75, 3.05) is 0 Å². The van der Waals surface area contributed by atoms with Gasteiger partial charge < -0.3 is 10.8 Å². The largest absolute Gasteiger partial charge is 0.387 e. The second-order valence-corrected chi connectivity index (χ2v) is 4.08. The summed E-state index contributed by atoms with van der Waals surface area (Å²) in [6.07, 6.45) is -1.82. The van der Waals surface area contributed by atoms with Crippen LogP contribution in [0.15, 0.2) is 4.47 Å². The zero-order valence-electron chi connectivity index (χ0n) is 8.07. The Morgan fingerprint density at radius 3 is 1.75 bits per heavy atom. The number of benzene rings is 1. The molecule has 90 valence electrons. The molecule has 1 aromatic rings. The second-order valence-electron chi connectivity index (χ2n) is 3.29. The molecule has 0 fully saturated rings. The molecule has 0 radical (unpaired) electrons. The van der Waals surface area contributed by atoms with Gasteiger partial charge in [-0.15, -0.1) is 0 Å². The lowest BCUT2D eigenvalue weighted by Gasteiger charge is -2.17. The van der Waals surface area contributed by atoms with Crippen LogP contribution >= 0.6 is 15.9 Å². The predicted octanol–water partition coefficient (Wildman–Crippen LogP) is 2.39. The van der Waals surface area contributed by atoms with E-state index in [0.717, 1.165) is 0 Å². The minimum Gasteiger partial charge on any atom is -0.387 e. The molecule has 3 N–H and O–H groups in total. The van der Waals surface area contributed by atoms with Gasteiger partial charge in [-0.25, -0.2) is 17.6 Å². The van der Waals surface area contributed by atoms with Gasteiger partial charge in [0.15, 0.2) is 23.3 Å². The summed E-state index contributed by atoms with van der Waals surface area (Å²) >= 11 is 2.36. The second kappa shape index (κ2) is 4.68. The van der Waals surface area contributed by atoms with E-state index in [1.54, 1.807) is 0 Å². The fraction of sp³-hybridized carbons (Fsp3) is 0.333. The van der Waals surface area contributed by atoms with Crippen LogP contribution in [0.3, 0.4) is 0 Å². The molecule has 7 heteroatoms. The molecule has 0 bridgehead atoms. The highest BCUT2D eigenvalue weighted by Gasteiger charge is 2.29. The Balaban J connectivity index is 3.51. The minimum absolute atomic E-state index is 0.955. The summed E-state index contributed by atoms with van der Waals surface area (Å²) in [6, 6.07) is -1.07. The molecular weight excluding hydrogens is 294 g/mol. The highest BCUT2D eigenvalue weighted by atomic mass is 79.9. The third-order valence-corrected chi connectivity index (χ3v) is 2.73. The lowest BCUT2D eigenvalue weighted by atomic mass is 10.0. The Morgan fingerprint density at radius 1 is 1.06 bits per heavy atom. The van der Waals surface area contributed by atoms with E-state index >= 15 is 0 Å². The zero-order valence-corrected chi connectivity index (χ0v) is 9.66. The van der Waals surface area contributed by atoms with Crippen LogP contribution in [0.4, 0.5) is 17.6 Å². The Hall–Kier alpha value is -0.660. The highest BCUT2D eigenvalue weighted by Crippen LogP contribution is 2.32. The van der Waals surface area contributed by atoms with E-state index in [2.05, 4.69) is 15.9 Å². The van der Waals surface area contributed by atoms with Gasteiger partial charge in [0.2, 0.25) is 0 Å². The lowest BCUT2D eigenvalue weighted by molar-refractivity contribution is 0.141. The Morgan fingerprint density at radius 2 is 1.44 bits per heavy atom. The molecule has 0 heterocycles. The fourth-order valence-electron chi connectivity index (χ4n) is 1.14. The summed E-state index contributed by atoms with van der Waals surface area (Å²) in [7, 11) is 0. The molecule has 1 aromatic carbocycles. The molecule has 0 aliphatic carbocycles. The van der Waals surface area contributed by atoms with E-state index in [1.807, 2.05) is 0 Å². The molecule has 0 spiro atoms. The van der Waals surface area contributed by atoms with Gasteiger partial charge in [-0.1, -0.05) is 0 Å². The molecule has 0 aliphatic heterocycles. The van der Waals surface area contributed by atoms with Gasteiger partial charge in [0.05, 0.1) is 16.1 Å². The van der Waals surface area contributed by atoms with Gasteiger partial charge in [0.25, 0.3) is 0 Å². The molecule has 2 atom stereocenters. The van der Waals surface area contributed by atoms with Crippen molar-refractivity contribution in [1.29, 1.82) is 0 Å². The Kier molecular flexibility index (Phi) is 3.92. The van der Waals surface area contributed by atoms with Crippen molar-refractivity contribution in [3.05, 3.63) is 33.3 Å². The van der Waals surface area contributed by atoms with Crippen LogP contribution in [-0.4, -0.2) is 11.1 Å². The van der Waals surface area contributed by atoms with E-state index in [1.165, 1.54) is 6.92 Å². The van der Waals surface area contributed by atoms with Crippen LogP contribution in [0.2, 0.25) is 0 Å². The van der Waals surface area contributed by atoms with E-state index < -0.39 is 45.5 Å². The van der Waals surface area contributed by atoms with Gasteiger partial charge in [0, 0.05) is 6.04 Å². The first-order chi connectivity index (χ1) is 7.29. The first-order valence-electron chi connectivity index (χ1n) is 4.24. The summed E-state index contributed by atoms with van der Waals surface area (Å²) in [4.78, 5) is 0. The van der Waals surface area contributed by atoms with Crippen LogP contribution in [0.1, 0.15) is 18.6 Å². The topological polar surface area (TPSA) is 46.2 Å². The number of aliphatic hydroxyl groups excluding tert-OH is 1. The summed E-state index contributed by atoms with van der Waals surface area (Å²) in [5, 5.41) is 9.35. The van der Waals surface area contributed by atoms with Gasteiger partial charge in [-0.2, -0.15) is 0 Å². The maximum atomic E-state index is 13.3. The number of aliphatic hydroxyl groups is 1. The predicted molar refractivity (Wildman–Crippen MR) is 52.6 cm³/mol. The van der Waals surface area contributed by atoms with Crippen LogP contribution in [0, 0.1) is 23.3 Å². The lowest BCUT2D eigenvalue weighted by Crippen LogP contribution is -2.27. The van der Waals surface area contributed by atoms with Crippen LogP contribution in [0.5, 0.6) is 0 Å². The van der Waals surface area contributed by atoms with Crippen LogP contribution < -0.4 is 5.73 Å². The molecule has 16 heavy (non-hydrogen) atoms. The van der Waals surface area contributed by atoms with Gasteiger partial charge in [0.1, 0.15) is 0 Å². The molecular formula is C9H8BrF4NO. The summed E-state index contributed by atoms with van der Waals surface area (Å²) in [5.41, 5.74) is 4.10. The normalized spacial score (nSPS) is 15.0. The van der Waals surface area contributed by atoms with Crippen molar-refractivity contribution >= 4 is 15.9 Å². The summed E-state index contributed by atoms with van der Waals surface area (Å²) in [5.74, 6) is -6.52. The third-order valence-electron chi connectivity index (χ3n) is 2.04. The van der Waals surface area contributed by atoms with Crippen LogP contribution in [-0.2, 0) is 0 Å². The maximum Gasteiger partial charge on any atom is 0.176 e. The molecule has 1 rings (SSSR count). The highest BCUT2D eigenvalue weighted by molar-refractivity contribution is 9.10. The van der Waals surface area contributed by atoms with E-state index in [9.17, 15) is 22.7 Å². The first kappa shape index (κ1) is 13.4. The smallest absolute Gasteiger partial charge is 0.176 e. The van der Waals surface area contributed by atoms with Crippen LogP contribution in [0.25, 0.3) is 0 Å². The Bertz CT molecular complexity index is 395. The minimum atomic E-state index is -1.82. The van der Waals surface area contributed by atoms with Gasteiger partial charge in [-0.05, 0) is 22.9 Å². The maximum absolute atomic E-state index is 13.3. The zero-order chi connectivity index (χ0) is 12.6. The standard InChI is InChI=1S/C9H8BrF4NO/c1-2(15)9(16)3-5(11)7(13)4(10)8(14)6(3)12/h2,9,16H,15H2,1H3/t2-,9-/m0/s1. The van der Waals surface area contributed by atoms with E-state index in [-0.39, 0.29) is 0 Å². The average molecular weight is 302 g/mol. The average Bonchev–Trinajstić information content (AvgIpc) is 2.23. The summed E-state index contributed by atoms with van der Waals surface area (Å²) < 4.78 is 51.8. The SMILES string of the molecule is C[C@H](N)[C@H](O)c1c(F)c(F)c(Br)c(F)c1F. The monoisotopic (exact) mass is 301 g/mol. The van der Waals surface area contributed by atoms with Gasteiger partial charge in [-0.3, -0.25) is 0 Å². The first-order valence-corrected chi connectivity index (χ1v) is 5.03. The molecule has 2 nitrogen and oxygen atoms in total. The number of nitrogens with two attached hydrogens (primary N) is 1. The van der Waals surface area contributed by atoms with Crippen molar-refractivity contribution in [2.45, 2.75) is 19.1 Å². The van der Waals surface area contributed by atoms with Crippen molar-refractivity contribution in [3.8, 4) is 0 Å². The third kappa shape index (κ3) is 2.07. The van der Waals surface area contributed by atoms with Crippen molar-refractivity contribution in [1.82, 2.24) is 0 Å². The molecule has 0 amide bonds. The Labute approximate surface area is 97.2 Å². The van der Waals surface area contributed by atoms with Gasteiger partial charge >= 0.3 is 0 Å². The number of hydrogen-bond acceptors (Lipinski definition) is 2. The summed E-state index contributed by atoms with van der Waals surface area (Å²) in [6.45, 7) is 1.25. The van der Waals surface area contributed by atoms with Crippen molar-refractivity contribution in [3.63, 3.8) is 0 Å². The number of halogens is 5. The number of hydrogen-bond donors (Lipinski definition) is 2.